The number of fused-ring (bicyclic) bond motifs is 1. The highest BCUT2D eigenvalue weighted by Gasteiger charge is 2.19. The first-order valence-corrected chi connectivity index (χ1v) is 6.79. The zero-order valence-electron chi connectivity index (χ0n) is 11.0. The van der Waals surface area contributed by atoms with Gasteiger partial charge in [-0.2, -0.15) is 4.58 Å². The van der Waals surface area contributed by atoms with E-state index in [4.69, 9.17) is 0 Å². The molecule has 2 aromatic rings. The van der Waals surface area contributed by atoms with Gasteiger partial charge in [0.25, 0.3) is 0 Å². The third-order valence-corrected chi connectivity index (χ3v) is 3.62. The molecule has 0 radical (unpaired) electrons. The lowest BCUT2D eigenvalue weighted by molar-refractivity contribution is -0.440. The highest BCUT2D eigenvalue weighted by atomic mass is 15.0. The number of hydrogen-bond acceptors (Lipinski definition) is 0. The predicted molar refractivity (Wildman–Crippen MR) is 81.2 cm³/mol. The van der Waals surface area contributed by atoms with Crippen molar-refractivity contribution in [1.82, 2.24) is 0 Å². The lowest BCUT2D eigenvalue weighted by atomic mass is 10.0. The van der Waals surface area contributed by atoms with Crippen LogP contribution in [-0.2, 0) is 6.42 Å². The summed E-state index contributed by atoms with van der Waals surface area (Å²) in [5.41, 5.74) is 5.20. The van der Waals surface area contributed by atoms with E-state index in [-0.39, 0.29) is 0 Å². The molecule has 1 heteroatoms. The standard InChI is InChI=1S/C18H18N/c1-2-15-9-11-16(12-10-15)14-19-13-5-7-17-6-3-4-8-18(17)19/h2-4,6,8-12,14H,1,5,7,13H2/q+1. The molecule has 1 heterocycles. The Balaban J connectivity index is 1.97. The van der Waals surface area contributed by atoms with Gasteiger partial charge in [-0.15, -0.1) is 0 Å². The summed E-state index contributed by atoms with van der Waals surface area (Å²) in [6, 6.07) is 17.2. The molecule has 0 saturated heterocycles. The second-order valence-corrected chi connectivity index (χ2v) is 4.93. The van der Waals surface area contributed by atoms with Crippen LogP contribution in [0.15, 0.2) is 55.1 Å². The number of benzene rings is 2. The van der Waals surface area contributed by atoms with Gasteiger partial charge in [-0.05, 0) is 24.1 Å². The van der Waals surface area contributed by atoms with Crippen LogP contribution in [-0.4, -0.2) is 17.3 Å². The molecule has 94 valence electrons. The third kappa shape index (κ3) is 2.50. The summed E-state index contributed by atoms with van der Waals surface area (Å²) >= 11 is 0. The number of rotatable bonds is 2. The summed E-state index contributed by atoms with van der Waals surface area (Å²) in [7, 11) is 0. The first kappa shape index (κ1) is 11.9. The van der Waals surface area contributed by atoms with Gasteiger partial charge in [0.05, 0.1) is 0 Å². The van der Waals surface area contributed by atoms with E-state index in [0.717, 1.165) is 12.1 Å². The van der Waals surface area contributed by atoms with Gasteiger partial charge in [0.2, 0.25) is 5.69 Å². The maximum absolute atomic E-state index is 3.79. The van der Waals surface area contributed by atoms with E-state index in [1.165, 1.54) is 29.7 Å². The molecule has 0 unspecified atom stereocenters. The van der Waals surface area contributed by atoms with Gasteiger partial charge < -0.3 is 0 Å². The van der Waals surface area contributed by atoms with Crippen LogP contribution in [0.25, 0.3) is 6.08 Å². The second-order valence-electron chi connectivity index (χ2n) is 4.93. The summed E-state index contributed by atoms with van der Waals surface area (Å²) < 4.78 is 2.36. The van der Waals surface area contributed by atoms with Crippen LogP contribution >= 0.6 is 0 Å². The van der Waals surface area contributed by atoms with Crippen molar-refractivity contribution in [1.29, 1.82) is 0 Å². The molecule has 1 aliphatic rings. The lowest BCUT2D eigenvalue weighted by Gasteiger charge is -2.13. The molecule has 1 aliphatic heterocycles. The minimum Gasteiger partial charge on any atom is -0.198 e. The largest absolute Gasteiger partial charge is 0.208 e. The van der Waals surface area contributed by atoms with E-state index in [1.54, 1.807) is 0 Å². The summed E-state index contributed by atoms with van der Waals surface area (Å²) in [6.45, 7) is 4.88. The van der Waals surface area contributed by atoms with Crippen LogP contribution in [0.1, 0.15) is 23.1 Å². The Labute approximate surface area is 114 Å². The Bertz CT molecular complexity index is 620. The van der Waals surface area contributed by atoms with Crippen molar-refractivity contribution in [3.63, 3.8) is 0 Å². The number of aryl methyl sites for hydroxylation is 1. The van der Waals surface area contributed by atoms with Gasteiger partial charge in [0.1, 0.15) is 6.54 Å². The molecule has 0 spiro atoms. The van der Waals surface area contributed by atoms with Crippen LogP contribution in [0.4, 0.5) is 5.69 Å². The number of nitrogens with zero attached hydrogens (tertiary/aromatic N) is 1. The zero-order valence-corrected chi connectivity index (χ0v) is 11.0. The van der Waals surface area contributed by atoms with Crippen LogP contribution in [0.3, 0.4) is 0 Å². The summed E-state index contributed by atoms with van der Waals surface area (Å²) in [6.07, 6.45) is 6.53. The fourth-order valence-electron chi connectivity index (χ4n) is 2.59. The normalized spacial score (nSPS) is 16.1. The van der Waals surface area contributed by atoms with Gasteiger partial charge in [0, 0.05) is 23.6 Å². The van der Waals surface area contributed by atoms with Gasteiger partial charge in [0.15, 0.2) is 6.21 Å². The van der Waals surface area contributed by atoms with Crippen LogP contribution < -0.4 is 0 Å². The molecular formula is C18H18N+. The van der Waals surface area contributed by atoms with Crippen LogP contribution in [0, 0.1) is 0 Å². The minimum atomic E-state index is 1.10. The van der Waals surface area contributed by atoms with Crippen molar-refractivity contribution >= 4 is 18.0 Å². The fourth-order valence-corrected chi connectivity index (χ4v) is 2.59. The summed E-state index contributed by atoms with van der Waals surface area (Å²) in [5.74, 6) is 0. The third-order valence-electron chi connectivity index (χ3n) is 3.62. The molecule has 0 aliphatic carbocycles. The molecule has 0 amide bonds. The molecule has 0 bridgehead atoms. The average molecular weight is 248 g/mol. The quantitative estimate of drug-likeness (QED) is 0.706. The van der Waals surface area contributed by atoms with Gasteiger partial charge in [-0.25, -0.2) is 0 Å². The molecule has 0 fully saturated rings. The van der Waals surface area contributed by atoms with Gasteiger partial charge >= 0.3 is 0 Å². The van der Waals surface area contributed by atoms with E-state index in [2.05, 4.69) is 65.9 Å². The van der Waals surface area contributed by atoms with E-state index >= 15 is 0 Å². The smallest absolute Gasteiger partial charge is 0.198 e. The summed E-state index contributed by atoms with van der Waals surface area (Å²) in [5, 5.41) is 0. The highest BCUT2D eigenvalue weighted by molar-refractivity contribution is 5.77. The predicted octanol–water partition coefficient (Wildman–Crippen LogP) is 4.04. The van der Waals surface area contributed by atoms with E-state index in [1.807, 2.05) is 6.08 Å². The van der Waals surface area contributed by atoms with E-state index < -0.39 is 0 Å². The summed E-state index contributed by atoms with van der Waals surface area (Å²) in [4.78, 5) is 0. The van der Waals surface area contributed by atoms with E-state index in [0.29, 0.717) is 0 Å². The van der Waals surface area contributed by atoms with E-state index in [9.17, 15) is 0 Å². The van der Waals surface area contributed by atoms with Crippen LogP contribution in [0.5, 0.6) is 0 Å². The maximum Gasteiger partial charge on any atom is 0.208 e. The van der Waals surface area contributed by atoms with Crippen molar-refractivity contribution < 1.29 is 4.58 Å². The lowest BCUT2D eigenvalue weighted by Crippen LogP contribution is -2.17. The SMILES string of the molecule is C=Cc1ccc(C=[N+]2CCCc3ccccc32)cc1. The maximum atomic E-state index is 3.79. The Hall–Kier alpha value is -2.15. The molecule has 3 rings (SSSR count). The molecule has 0 atom stereocenters. The van der Waals surface area contributed by atoms with Crippen LogP contribution in [0.2, 0.25) is 0 Å². The minimum absolute atomic E-state index is 1.10. The van der Waals surface area contributed by atoms with Gasteiger partial charge in [-0.3, -0.25) is 0 Å². The molecule has 0 aromatic heterocycles. The van der Waals surface area contributed by atoms with Crippen molar-refractivity contribution in [3.05, 3.63) is 71.8 Å². The molecule has 1 nitrogen and oxygen atoms in total. The Morgan fingerprint density at radius 2 is 1.68 bits per heavy atom. The van der Waals surface area contributed by atoms with Crippen molar-refractivity contribution in [2.75, 3.05) is 6.54 Å². The molecule has 2 aromatic carbocycles. The highest BCUT2D eigenvalue weighted by Crippen LogP contribution is 2.24. The number of hydrogen-bond donors (Lipinski definition) is 0. The average Bonchev–Trinajstić information content (AvgIpc) is 2.48. The molecular weight excluding hydrogens is 230 g/mol. The van der Waals surface area contributed by atoms with Crippen molar-refractivity contribution in [2.45, 2.75) is 12.8 Å². The fraction of sp³-hybridized carbons (Fsp3) is 0.167. The molecule has 19 heavy (non-hydrogen) atoms. The topological polar surface area (TPSA) is 3.01 Å². The number of para-hydroxylation sites is 1. The Morgan fingerprint density at radius 3 is 2.47 bits per heavy atom. The first-order valence-electron chi connectivity index (χ1n) is 6.79. The van der Waals surface area contributed by atoms with Crippen molar-refractivity contribution in [3.8, 4) is 0 Å². The first-order chi connectivity index (χ1) is 9.36. The zero-order chi connectivity index (χ0) is 13.1. The Morgan fingerprint density at radius 1 is 0.947 bits per heavy atom. The molecule has 0 saturated carbocycles. The van der Waals surface area contributed by atoms with Gasteiger partial charge in [-0.1, -0.05) is 43.0 Å². The Kier molecular flexibility index (Phi) is 3.28. The monoisotopic (exact) mass is 248 g/mol. The van der Waals surface area contributed by atoms with Crippen molar-refractivity contribution in [2.24, 2.45) is 0 Å². The second kappa shape index (κ2) is 5.23. The molecule has 0 N–H and O–H groups in total.